The number of aromatic amines is 1. The third kappa shape index (κ3) is 3.59. The van der Waals surface area contributed by atoms with E-state index < -0.39 is 10.0 Å². The molecule has 1 aliphatic heterocycles. The van der Waals surface area contributed by atoms with Crippen LogP contribution in [0.1, 0.15) is 24.8 Å². The van der Waals surface area contributed by atoms with Gasteiger partial charge in [0, 0.05) is 24.5 Å². The Morgan fingerprint density at radius 3 is 2.65 bits per heavy atom. The largest absolute Gasteiger partial charge is 0.344 e. The van der Waals surface area contributed by atoms with E-state index in [1.165, 1.54) is 22.7 Å². The molecule has 0 bridgehead atoms. The first-order valence-corrected chi connectivity index (χ1v) is 12.1. The molecule has 0 saturated heterocycles. The second-order valence-electron chi connectivity index (χ2n) is 7.83. The van der Waals surface area contributed by atoms with Crippen molar-refractivity contribution in [1.82, 2.24) is 19.6 Å². The lowest BCUT2D eigenvalue weighted by Gasteiger charge is -2.27. The van der Waals surface area contributed by atoms with E-state index in [2.05, 4.69) is 9.97 Å². The van der Waals surface area contributed by atoms with Gasteiger partial charge in [0.15, 0.2) is 0 Å². The summed E-state index contributed by atoms with van der Waals surface area (Å²) in [4.78, 5) is 7.57. The van der Waals surface area contributed by atoms with Gasteiger partial charge in [-0.1, -0.05) is 6.42 Å². The summed E-state index contributed by atoms with van der Waals surface area (Å²) < 4.78 is 41.7. The van der Waals surface area contributed by atoms with Crippen LogP contribution in [0.4, 0.5) is 10.1 Å². The molecule has 1 aliphatic rings. The maximum absolute atomic E-state index is 13.5. The smallest absolute Gasteiger partial charge is 0.232 e. The van der Waals surface area contributed by atoms with Crippen molar-refractivity contribution in [3.8, 4) is 22.6 Å². The third-order valence-corrected chi connectivity index (χ3v) is 6.84. The molecule has 0 saturated carbocycles. The van der Waals surface area contributed by atoms with E-state index in [0.717, 1.165) is 47.9 Å². The minimum absolute atomic E-state index is 0.321. The second kappa shape index (κ2) is 7.49. The Labute approximate surface area is 179 Å². The Kier molecular flexibility index (Phi) is 4.77. The molecule has 0 atom stereocenters. The molecule has 0 fully saturated rings. The maximum Gasteiger partial charge on any atom is 0.232 e. The summed E-state index contributed by atoms with van der Waals surface area (Å²) in [5.41, 5.74) is 4.65. The fourth-order valence-corrected chi connectivity index (χ4v) is 5.19. The maximum atomic E-state index is 13.5. The van der Waals surface area contributed by atoms with E-state index in [-0.39, 0.29) is 5.82 Å². The quantitative estimate of drug-likeness (QED) is 0.523. The van der Waals surface area contributed by atoms with Gasteiger partial charge in [0.1, 0.15) is 17.3 Å². The lowest BCUT2D eigenvalue weighted by atomic mass is 10.0. The summed E-state index contributed by atoms with van der Waals surface area (Å²) in [6.07, 6.45) is 10.0. The van der Waals surface area contributed by atoms with Gasteiger partial charge in [-0.2, -0.15) is 5.10 Å². The lowest BCUT2D eigenvalue weighted by molar-refractivity contribution is 0.588. The molecule has 31 heavy (non-hydrogen) atoms. The molecule has 0 spiro atoms. The van der Waals surface area contributed by atoms with Crippen molar-refractivity contribution >= 4 is 21.2 Å². The van der Waals surface area contributed by atoms with Crippen molar-refractivity contribution in [2.45, 2.75) is 25.7 Å². The molecule has 1 aromatic carbocycles. The number of benzene rings is 1. The van der Waals surface area contributed by atoms with Crippen LogP contribution in [0, 0.1) is 5.82 Å². The molecule has 0 radical (unpaired) electrons. The minimum atomic E-state index is -3.42. The van der Waals surface area contributed by atoms with Crippen LogP contribution in [0.15, 0.2) is 48.9 Å². The zero-order valence-corrected chi connectivity index (χ0v) is 17.9. The fraction of sp³-hybridized carbons (Fsp3) is 0.273. The Morgan fingerprint density at radius 1 is 1.13 bits per heavy atom. The van der Waals surface area contributed by atoms with Gasteiger partial charge in [0.05, 0.1) is 29.2 Å². The van der Waals surface area contributed by atoms with Gasteiger partial charge in [-0.05, 0) is 55.2 Å². The summed E-state index contributed by atoms with van der Waals surface area (Å²) in [7, 11) is -3.42. The number of aromatic nitrogens is 4. The molecule has 4 aromatic rings. The van der Waals surface area contributed by atoms with Crippen molar-refractivity contribution in [2.24, 2.45) is 0 Å². The average Bonchev–Trinajstić information content (AvgIpc) is 3.34. The zero-order chi connectivity index (χ0) is 21.6. The van der Waals surface area contributed by atoms with Crippen molar-refractivity contribution in [3.63, 3.8) is 0 Å². The molecule has 4 heterocycles. The number of imidazole rings is 1. The van der Waals surface area contributed by atoms with Gasteiger partial charge in [-0.25, -0.2) is 22.3 Å². The molecular formula is C22H22FN5O2S. The van der Waals surface area contributed by atoms with E-state index >= 15 is 0 Å². The van der Waals surface area contributed by atoms with Gasteiger partial charge < -0.3 is 4.98 Å². The van der Waals surface area contributed by atoms with Crippen LogP contribution in [0.25, 0.3) is 28.2 Å². The molecule has 5 rings (SSSR count). The Balaban J connectivity index is 1.79. The van der Waals surface area contributed by atoms with Crippen molar-refractivity contribution < 1.29 is 12.8 Å². The van der Waals surface area contributed by atoms with E-state index in [0.29, 0.717) is 23.8 Å². The van der Waals surface area contributed by atoms with E-state index in [1.807, 2.05) is 6.07 Å². The Bertz CT molecular complexity index is 1350. The lowest BCUT2D eigenvalue weighted by Crippen LogP contribution is -2.32. The number of anilines is 1. The number of fused-ring (bicyclic) bond motifs is 2. The minimum Gasteiger partial charge on any atom is -0.344 e. The van der Waals surface area contributed by atoms with Gasteiger partial charge in [0.25, 0.3) is 0 Å². The van der Waals surface area contributed by atoms with Gasteiger partial charge in [0.2, 0.25) is 10.0 Å². The van der Waals surface area contributed by atoms with Crippen molar-refractivity contribution in [3.05, 3.63) is 60.3 Å². The monoisotopic (exact) mass is 439 g/mol. The highest BCUT2D eigenvalue weighted by Crippen LogP contribution is 2.37. The molecule has 1 N–H and O–H groups in total. The van der Waals surface area contributed by atoms with Gasteiger partial charge in [-0.3, -0.25) is 4.31 Å². The highest BCUT2D eigenvalue weighted by Gasteiger charge is 2.25. The zero-order valence-electron chi connectivity index (χ0n) is 17.0. The highest BCUT2D eigenvalue weighted by molar-refractivity contribution is 7.92. The van der Waals surface area contributed by atoms with Crippen LogP contribution in [0.5, 0.6) is 0 Å². The molecule has 0 amide bonds. The van der Waals surface area contributed by atoms with Crippen LogP contribution in [-0.4, -0.2) is 40.8 Å². The second-order valence-corrected chi connectivity index (χ2v) is 9.73. The summed E-state index contributed by atoms with van der Waals surface area (Å²) >= 11 is 0. The van der Waals surface area contributed by atoms with Gasteiger partial charge >= 0.3 is 0 Å². The van der Waals surface area contributed by atoms with E-state index in [4.69, 9.17) is 5.10 Å². The van der Waals surface area contributed by atoms with Crippen LogP contribution < -0.4 is 4.31 Å². The topological polar surface area (TPSA) is 83.4 Å². The highest BCUT2D eigenvalue weighted by atomic mass is 32.2. The average molecular weight is 440 g/mol. The summed E-state index contributed by atoms with van der Waals surface area (Å²) in [6.45, 7) is 0.453. The molecule has 0 unspecified atom stereocenters. The fourth-order valence-electron chi connectivity index (χ4n) is 4.20. The molecule has 3 aromatic heterocycles. The van der Waals surface area contributed by atoms with Crippen LogP contribution in [0.2, 0.25) is 0 Å². The number of hydrogen-bond donors (Lipinski definition) is 1. The van der Waals surface area contributed by atoms with Crippen LogP contribution in [0.3, 0.4) is 0 Å². The molecule has 0 aliphatic carbocycles. The predicted octanol–water partition coefficient (Wildman–Crippen LogP) is 4.02. The summed E-state index contributed by atoms with van der Waals surface area (Å²) in [6, 6.07) is 8.17. The third-order valence-electron chi connectivity index (χ3n) is 5.66. The number of sulfonamides is 1. The van der Waals surface area contributed by atoms with Crippen LogP contribution in [-0.2, 0) is 16.4 Å². The first-order valence-electron chi connectivity index (χ1n) is 10.2. The number of nitrogens with zero attached hydrogens (tertiary/aromatic N) is 4. The van der Waals surface area contributed by atoms with Crippen molar-refractivity contribution in [1.29, 1.82) is 0 Å². The first-order chi connectivity index (χ1) is 14.9. The number of hydrogen-bond acceptors (Lipinski definition) is 4. The standard InChI is InChI=1S/C22H22FN5O2S/c1-31(29,30)28-12-4-2-3-5-16-13-18-20(22-24-10-11-25-22)21(26-27(18)14-19(16)28)15-6-8-17(23)9-7-15/h6-11,13-14H,2-5,12H2,1H3,(H,24,25). The molecule has 9 heteroatoms. The first kappa shape index (κ1) is 19.7. The molecule has 7 nitrogen and oxygen atoms in total. The van der Waals surface area contributed by atoms with Gasteiger partial charge in [-0.15, -0.1) is 0 Å². The number of halogens is 1. The number of pyridine rings is 1. The Hall–Kier alpha value is -3.20. The SMILES string of the molecule is CS(=O)(=O)N1CCCCCc2cc3c(-c4ncc[nH]4)c(-c4ccc(F)cc4)nn3cc21. The Morgan fingerprint density at radius 2 is 1.94 bits per heavy atom. The summed E-state index contributed by atoms with van der Waals surface area (Å²) in [5, 5.41) is 4.76. The number of nitrogens with one attached hydrogen (secondary N) is 1. The van der Waals surface area contributed by atoms with Crippen molar-refractivity contribution in [2.75, 3.05) is 17.1 Å². The molecule has 160 valence electrons. The van der Waals surface area contributed by atoms with Crippen LogP contribution >= 0.6 is 0 Å². The number of aryl methyl sites for hydroxylation is 1. The molecular weight excluding hydrogens is 417 g/mol. The van der Waals surface area contributed by atoms with E-state index in [9.17, 15) is 12.8 Å². The summed E-state index contributed by atoms with van der Waals surface area (Å²) in [5.74, 6) is 0.332. The van der Waals surface area contributed by atoms with E-state index in [1.54, 1.807) is 35.2 Å². The normalized spacial score (nSPS) is 15.0. The number of rotatable bonds is 3. The number of H-pyrrole nitrogens is 1. The predicted molar refractivity (Wildman–Crippen MR) is 118 cm³/mol.